The Balaban J connectivity index is 2.94. The van der Waals surface area contributed by atoms with Crippen LogP contribution in [-0.4, -0.2) is 0 Å². The van der Waals surface area contributed by atoms with Crippen molar-refractivity contribution in [1.29, 1.82) is 0 Å². The van der Waals surface area contributed by atoms with Gasteiger partial charge in [0.25, 0.3) is 0 Å². The summed E-state index contributed by atoms with van der Waals surface area (Å²) in [5.74, 6) is 5.05. The van der Waals surface area contributed by atoms with Gasteiger partial charge in [0.1, 0.15) is 0 Å². The molecule has 2 radical (unpaired) electrons. The molecule has 0 amide bonds. The first-order chi connectivity index (χ1) is 4.33. The van der Waals surface area contributed by atoms with Gasteiger partial charge in [-0.25, -0.2) is 0 Å². The summed E-state index contributed by atoms with van der Waals surface area (Å²) >= 11 is 0. The van der Waals surface area contributed by atoms with Gasteiger partial charge in [0.2, 0.25) is 0 Å². The van der Waals surface area contributed by atoms with Gasteiger partial charge in [-0.1, -0.05) is 6.07 Å². The van der Waals surface area contributed by atoms with E-state index in [1.54, 1.807) is 18.2 Å². The molecule has 0 spiro atoms. The Hall–Kier alpha value is -1.22. The van der Waals surface area contributed by atoms with E-state index >= 15 is 0 Å². The molecule has 0 aromatic heterocycles. The topological polar surface area (TPSA) is 61.8 Å². The zero-order valence-corrected chi connectivity index (χ0v) is 4.81. The molecule has 9 heavy (non-hydrogen) atoms. The first kappa shape index (κ1) is 5.91. The minimum Gasteiger partial charge on any atom is -0.323 e. The van der Waals surface area contributed by atoms with Crippen molar-refractivity contribution in [3.8, 4) is 0 Å². The predicted octanol–water partition coefficient (Wildman–Crippen LogP) is 0.687. The van der Waals surface area contributed by atoms with Crippen LogP contribution < -0.4 is 17.0 Å². The Morgan fingerprint density at radius 1 is 1.56 bits per heavy atom. The largest absolute Gasteiger partial charge is 0.323 e. The second-order valence-electron chi connectivity index (χ2n) is 1.62. The molecule has 0 heterocycles. The Morgan fingerprint density at radius 2 is 2.33 bits per heavy atom. The lowest BCUT2D eigenvalue weighted by Crippen LogP contribution is -2.06. The molecule has 0 aliphatic carbocycles. The summed E-state index contributed by atoms with van der Waals surface area (Å²) in [6, 6.07) is 7.82. The predicted molar refractivity (Wildman–Crippen MR) is 35.8 cm³/mol. The van der Waals surface area contributed by atoms with Crippen LogP contribution in [0, 0.1) is 6.07 Å². The van der Waals surface area contributed by atoms with Gasteiger partial charge in [0.15, 0.2) is 0 Å². The molecule has 1 aromatic rings. The summed E-state index contributed by atoms with van der Waals surface area (Å²) in [5.41, 5.74) is 10.5. The minimum atomic E-state index is 0.338. The number of nitrogens with two attached hydrogens (primary N) is 1. The lowest BCUT2D eigenvalue weighted by atomic mass is 10.3. The molecule has 0 bridgehead atoms. The highest BCUT2D eigenvalue weighted by molar-refractivity contribution is 5.49. The number of benzene rings is 1. The Bertz CT molecular complexity index is 197. The first-order valence-electron chi connectivity index (χ1n) is 2.53. The summed E-state index contributed by atoms with van der Waals surface area (Å²) in [6.07, 6.45) is 0. The molecule has 1 rings (SSSR count). The third kappa shape index (κ3) is 1.33. The van der Waals surface area contributed by atoms with Crippen molar-refractivity contribution >= 4 is 11.4 Å². The zero-order valence-electron chi connectivity index (χ0n) is 4.81. The molecule has 1 aromatic carbocycles. The second kappa shape index (κ2) is 2.37. The van der Waals surface area contributed by atoms with E-state index < -0.39 is 0 Å². The molecular weight excluding hydrogens is 114 g/mol. The van der Waals surface area contributed by atoms with Crippen LogP contribution in [0.15, 0.2) is 18.2 Å². The quantitative estimate of drug-likeness (QED) is 0.424. The summed E-state index contributed by atoms with van der Waals surface area (Å²) in [6.45, 7) is 0. The summed E-state index contributed by atoms with van der Waals surface area (Å²) in [7, 11) is 0. The standard InChI is InChI=1S/C6H7N3/c7-5-2-1-3-6(4-5)9-8/h1-3,7,9H,8H2. The fourth-order valence-corrected chi connectivity index (χ4v) is 0.553. The van der Waals surface area contributed by atoms with E-state index in [1.807, 2.05) is 0 Å². The Kier molecular flexibility index (Phi) is 1.55. The van der Waals surface area contributed by atoms with Gasteiger partial charge in [-0.15, -0.1) is 0 Å². The van der Waals surface area contributed by atoms with E-state index in [0.717, 1.165) is 0 Å². The maximum Gasteiger partial charge on any atom is 0.0641 e. The monoisotopic (exact) mass is 121 g/mol. The second-order valence-corrected chi connectivity index (χ2v) is 1.62. The van der Waals surface area contributed by atoms with Crippen LogP contribution in [0.4, 0.5) is 11.4 Å². The third-order valence-corrected chi connectivity index (χ3v) is 0.951. The lowest BCUT2D eigenvalue weighted by Gasteiger charge is -1.96. The van der Waals surface area contributed by atoms with Crippen LogP contribution in [0.5, 0.6) is 0 Å². The number of hydrogen-bond acceptors (Lipinski definition) is 2. The van der Waals surface area contributed by atoms with Crippen LogP contribution >= 0.6 is 0 Å². The van der Waals surface area contributed by atoms with E-state index in [2.05, 4.69) is 11.5 Å². The summed E-state index contributed by atoms with van der Waals surface area (Å²) in [5, 5.41) is 0. The Labute approximate surface area is 53.6 Å². The normalized spacial score (nSPS) is 9.00. The molecule has 0 aliphatic rings. The maximum absolute atomic E-state index is 7.09. The van der Waals surface area contributed by atoms with Gasteiger partial charge in [-0.2, -0.15) is 0 Å². The molecular formula is C6H7N3. The van der Waals surface area contributed by atoms with Crippen molar-refractivity contribution in [2.45, 2.75) is 0 Å². The minimum absolute atomic E-state index is 0.338. The van der Waals surface area contributed by atoms with Crippen molar-refractivity contribution in [3.63, 3.8) is 0 Å². The number of nitrogen functional groups attached to an aromatic ring is 1. The molecule has 4 N–H and O–H groups in total. The fraction of sp³-hybridized carbons (Fsp3) is 0. The van der Waals surface area contributed by atoms with Crippen molar-refractivity contribution in [2.75, 3.05) is 5.43 Å². The maximum atomic E-state index is 7.09. The molecule has 0 saturated heterocycles. The van der Waals surface area contributed by atoms with Gasteiger partial charge in [-0.05, 0) is 12.1 Å². The fourth-order valence-electron chi connectivity index (χ4n) is 0.553. The number of anilines is 1. The van der Waals surface area contributed by atoms with Crippen LogP contribution in [0.3, 0.4) is 0 Å². The van der Waals surface area contributed by atoms with Crippen LogP contribution in [-0.2, 0) is 0 Å². The van der Waals surface area contributed by atoms with E-state index in [4.69, 9.17) is 11.6 Å². The van der Waals surface area contributed by atoms with Crippen molar-refractivity contribution in [3.05, 3.63) is 24.3 Å². The highest BCUT2D eigenvalue weighted by atomic mass is 15.2. The SMILES string of the molecule is [NH]c1[c]c(NN)ccc1. The van der Waals surface area contributed by atoms with E-state index in [9.17, 15) is 0 Å². The molecule has 46 valence electrons. The van der Waals surface area contributed by atoms with Gasteiger partial charge in [0, 0.05) is 6.07 Å². The third-order valence-electron chi connectivity index (χ3n) is 0.951. The molecule has 0 saturated carbocycles. The lowest BCUT2D eigenvalue weighted by molar-refractivity contribution is 1.34. The smallest absolute Gasteiger partial charge is 0.0641 e. The highest BCUT2D eigenvalue weighted by Crippen LogP contribution is 2.09. The molecule has 0 fully saturated rings. The van der Waals surface area contributed by atoms with Gasteiger partial charge in [-0.3, -0.25) is 5.84 Å². The summed E-state index contributed by atoms with van der Waals surface area (Å²) < 4.78 is 0. The van der Waals surface area contributed by atoms with Crippen molar-refractivity contribution in [2.24, 2.45) is 5.84 Å². The average molecular weight is 121 g/mol. The van der Waals surface area contributed by atoms with E-state index in [-0.39, 0.29) is 0 Å². The molecule has 0 unspecified atom stereocenters. The molecule has 0 atom stereocenters. The van der Waals surface area contributed by atoms with Gasteiger partial charge >= 0.3 is 0 Å². The number of rotatable bonds is 1. The molecule has 3 nitrogen and oxygen atoms in total. The first-order valence-corrected chi connectivity index (χ1v) is 2.53. The highest BCUT2D eigenvalue weighted by Gasteiger charge is 1.87. The number of hydrogen-bond donors (Lipinski definition) is 2. The molecule has 0 aliphatic heterocycles. The van der Waals surface area contributed by atoms with E-state index in [0.29, 0.717) is 11.4 Å². The Morgan fingerprint density at radius 3 is 2.78 bits per heavy atom. The number of hydrazine groups is 1. The van der Waals surface area contributed by atoms with Crippen LogP contribution in [0.1, 0.15) is 0 Å². The molecule has 3 heteroatoms. The van der Waals surface area contributed by atoms with Crippen molar-refractivity contribution in [1.82, 2.24) is 5.73 Å². The average Bonchev–Trinajstić information content (AvgIpc) is 1.88. The van der Waals surface area contributed by atoms with Gasteiger partial charge in [0.05, 0.1) is 11.4 Å². The van der Waals surface area contributed by atoms with E-state index in [1.165, 1.54) is 0 Å². The van der Waals surface area contributed by atoms with Crippen LogP contribution in [0.25, 0.3) is 0 Å². The summed E-state index contributed by atoms with van der Waals surface area (Å²) in [4.78, 5) is 0. The zero-order chi connectivity index (χ0) is 6.69. The number of nitrogens with one attached hydrogen (secondary N) is 2. The van der Waals surface area contributed by atoms with Gasteiger partial charge < -0.3 is 11.2 Å². The van der Waals surface area contributed by atoms with Crippen LogP contribution in [0.2, 0.25) is 0 Å². The van der Waals surface area contributed by atoms with Crippen molar-refractivity contribution < 1.29 is 0 Å².